The Morgan fingerprint density at radius 3 is 2.50 bits per heavy atom. The molecule has 36 heavy (non-hydrogen) atoms. The first-order chi connectivity index (χ1) is 17.5. The first-order valence-electron chi connectivity index (χ1n) is 12.3. The van der Waals surface area contributed by atoms with E-state index in [0.717, 1.165) is 32.7 Å². The van der Waals surface area contributed by atoms with Crippen LogP contribution in [-0.2, 0) is 20.9 Å². The van der Waals surface area contributed by atoms with E-state index in [4.69, 9.17) is 9.47 Å². The summed E-state index contributed by atoms with van der Waals surface area (Å²) in [7, 11) is 0. The Bertz CT molecular complexity index is 1100. The summed E-state index contributed by atoms with van der Waals surface area (Å²) in [5.74, 6) is 0.412. The maximum absolute atomic E-state index is 13.2. The maximum Gasteiger partial charge on any atom is 0.243 e. The molecule has 10 nitrogen and oxygen atoms in total. The smallest absolute Gasteiger partial charge is 0.243 e. The Hall–Kier alpha value is -3.63. The molecule has 2 aromatic carbocycles. The van der Waals surface area contributed by atoms with Crippen molar-refractivity contribution in [2.24, 2.45) is 0 Å². The lowest BCUT2D eigenvalue weighted by Gasteiger charge is -2.38. The van der Waals surface area contributed by atoms with E-state index >= 15 is 0 Å². The summed E-state index contributed by atoms with van der Waals surface area (Å²) >= 11 is 0. The second-order valence-electron chi connectivity index (χ2n) is 9.25. The second-order valence-corrected chi connectivity index (χ2v) is 9.25. The number of hydrogen-bond acceptors (Lipinski definition) is 7. The Morgan fingerprint density at radius 2 is 1.69 bits per heavy atom. The topological polar surface area (TPSA) is 103 Å². The number of benzene rings is 2. The summed E-state index contributed by atoms with van der Waals surface area (Å²) < 4.78 is 10.6. The zero-order chi connectivity index (χ0) is 24.9. The van der Waals surface area contributed by atoms with Crippen molar-refractivity contribution in [3.05, 3.63) is 54.1 Å². The Kier molecular flexibility index (Phi) is 7.33. The van der Waals surface area contributed by atoms with Gasteiger partial charge >= 0.3 is 0 Å². The lowest BCUT2D eigenvalue weighted by Crippen LogP contribution is -2.60. The molecule has 0 saturated carbocycles. The van der Waals surface area contributed by atoms with Crippen molar-refractivity contribution < 1.29 is 23.9 Å². The number of nitrogens with zero attached hydrogens (tertiary/aromatic N) is 3. The molecule has 2 aromatic rings. The molecule has 5 rings (SSSR count). The van der Waals surface area contributed by atoms with Crippen LogP contribution in [0.15, 0.2) is 48.5 Å². The SMILES string of the molecule is O=C(CC1C(=O)NCCN1C(=O)CN1CCN(Cc2ccccc2)CC1)Nc1ccc2c(c1)OCO2. The first kappa shape index (κ1) is 24.1. The number of amides is 3. The summed E-state index contributed by atoms with van der Waals surface area (Å²) in [6.45, 7) is 5.39. The summed E-state index contributed by atoms with van der Waals surface area (Å²) in [6.07, 6.45) is -0.114. The van der Waals surface area contributed by atoms with Crippen molar-refractivity contribution in [3.8, 4) is 11.5 Å². The van der Waals surface area contributed by atoms with E-state index in [2.05, 4.69) is 32.6 Å². The minimum Gasteiger partial charge on any atom is -0.454 e. The molecule has 1 atom stereocenters. The summed E-state index contributed by atoms with van der Waals surface area (Å²) in [5, 5.41) is 5.58. The van der Waals surface area contributed by atoms with Crippen molar-refractivity contribution in [1.82, 2.24) is 20.0 Å². The number of anilines is 1. The zero-order valence-electron chi connectivity index (χ0n) is 20.2. The third-order valence-corrected chi connectivity index (χ3v) is 6.76. The molecule has 0 aliphatic carbocycles. The van der Waals surface area contributed by atoms with Crippen LogP contribution in [0.3, 0.4) is 0 Å². The van der Waals surface area contributed by atoms with Gasteiger partial charge in [-0.1, -0.05) is 30.3 Å². The number of piperazine rings is 2. The number of carbonyl (C=O) groups is 3. The molecule has 0 radical (unpaired) electrons. The minimum absolute atomic E-state index is 0.114. The molecule has 3 amide bonds. The van der Waals surface area contributed by atoms with E-state index in [1.54, 1.807) is 23.1 Å². The van der Waals surface area contributed by atoms with Crippen LogP contribution in [-0.4, -0.2) is 91.1 Å². The molecule has 0 bridgehead atoms. The predicted molar refractivity (Wildman–Crippen MR) is 132 cm³/mol. The van der Waals surface area contributed by atoms with E-state index in [-0.39, 0.29) is 37.5 Å². The molecule has 190 valence electrons. The van der Waals surface area contributed by atoms with Gasteiger partial charge in [-0.3, -0.25) is 24.2 Å². The normalized spacial score (nSPS) is 20.2. The van der Waals surface area contributed by atoms with Crippen LogP contribution < -0.4 is 20.1 Å². The molecular weight excluding hydrogens is 462 g/mol. The highest BCUT2D eigenvalue weighted by molar-refractivity contribution is 5.97. The fraction of sp³-hybridized carbons (Fsp3) is 0.423. The fourth-order valence-corrected chi connectivity index (χ4v) is 4.81. The third-order valence-electron chi connectivity index (χ3n) is 6.76. The molecular formula is C26H31N5O5. The van der Waals surface area contributed by atoms with Gasteiger partial charge in [0.2, 0.25) is 24.5 Å². The van der Waals surface area contributed by atoms with Gasteiger partial charge in [0.25, 0.3) is 0 Å². The second kappa shape index (κ2) is 11.0. The van der Waals surface area contributed by atoms with Gasteiger partial charge in [0.15, 0.2) is 11.5 Å². The number of carbonyl (C=O) groups excluding carboxylic acids is 3. The summed E-state index contributed by atoms with van der Waals surface area (Å²) in [4.78, 5) is 44.6. The molecule has 3 aliphatic rings. The highest BCUT2D eigenvalue weighted by Crippen LogP contribution is 2.34. The van der Waals surface area contributed by atoms with Gasteiger partial charge in [-0.2, -0.15) is 0 Å². The van der Waals surface area contributed by atoms with Crippen LogP contribution in [0.4, 0.5) is 5.69 Å². The minimum atomic E-state index is -0.834. The standard InChI is InChI=1S/C26H31N5O5/c32-24(28-20-6-7-22-23(14-20)36-18-35-22)15-21-26(34)27-8-9-31(21)25(33)17-30-12-10-29(11-13-30)16-19-4-2-1-3-5-19/h1-7,14,21H,8-13,15-18H2,(H,27,34)(H,28,32). The largest absolute Gasteiger partial charge is 0.454 e. The van der Waals surface area contributed by atoms with Crippen molar-refractivity contribution >= 4 is 23.4 Å². The lowest BCUT2D eigenvalue weighted by atomic mass is 10.1. The summed E-state index contributed by atoms with van der Waals surface area (Å²) in [6, 6.07) is 14.6. The fourth-order valence-electron chi connectivity index (χ4n) is 4.81. The van der Waals surface area contributed by atoms with Crippen LogP contribution >= 0.6 is 0 Å². The van der Waals surface area contributed by atoms with E-state index in [9.17, 15) is 14.4 Å². The van der Waals surface area contributed by atoms with Crippen LogP contribution in [0.2, 0.25) is 0 Å². The van der Waals surface area contributed by atoms with E-state index < -0.39 is 6.04 Å². The number of fused-ring (bicyclic) bond motifs is 1. The zero-order valence-corrected chi connectivity index (χ0v) is 20.2. The van der Waals surface area contributed by atoms with Crippen molar-refractivity contribution in [2.45, 2.75) is 19.0 Å². The number of hydrogen-bond donors (Lipinski definition) is 2. The van der Waals surface area contributed by atoms with Gasteiger partial charge in [-0.15, -0.1) is 0 Å². The molecule has 2 saturated heterocycles. The van der Waals surface area contributed by atoms with Crippen LogP contribution in [0.5, 0.6) is 11.5 Å². The van der Waals surface area contributed by atoms with Gasteiger partial charge in [-0.05, 0) is 17.7 Å². The van der Waals surface area contributed by atoms with Crippen molar-refractivity contribution in [2.75, 3.05) is 57.9 Å². The van der Waals surface area contributed by atoms with Gasteiger partial charge in [0.1, 0.15) is 6.04 Å². The van der Waals surface area contributed by atoms with Crippen molar-refractivity contribution in [1.29, 1.82) is 0 Å². The lowest BCUT2D eigenvalue weighted by molar-refractivity contribution is -0.145. The van der Waals surface area contributed by atoms with E-state index in [0.29, 0.717) is 30.3 Å². The Labute approximate surface area is 210 Å². The van der Waals surface area contributed by atoms with E-state index in [1.807, 2.05) is 18.2 Å². The third kappa shape index (κ3) is 5.77. The van der Waals surface area contributed by atoms with Gasteiger partial charge in [0, 0.05) is 57.6 Å². The molecule has 10 heteroatoms. The Balaban J connectivity index is 1.13. The molecule has 0 aromatic heterocycles. The van der Waals surface area contributed by atoms with E-state index in [1.165, 1.54) is 5.56 Å². The summed E-state index contributed by atoms with van der Waals surface area (Å²) in [5.41, 5.74) is 1.83. The monoisotopic (exact) mass is 493 g/mol. The molecule has 2 fully saturated rings. The Morgan fingerprint density at radius 1 is 0.944 bits per heavy atom. The average Bonchev–Trinajstić information content (AvgIpc) is 3.35. The first-order valence-corrected chi connectivity index (χ1v) is 12.3. The quantitative estimate of drug-likeness (QED) is 0.591. The highest BCUT2D eigenvalue weighted by Gasteiger charge is 2.35. The molecule has 2 N–H and O–H groups in total. The van der Waals surface area contributed by atoms with Gasteiger partial charge in [-0.25, -0.2) is 0 Å². The molecule has 3 aliphatic heterocycles. The number of rotatable bonds is 7. The van der Waals surface area contributed by atoms with Crippen LogP contribution in [0, 0.1) is 0 Å². The molecule has 1 unspecified atom stereocenters. The molecule has 0 spiro atoms. The van der Waals surface area contributed by atoms with Gasteiger partial charge in [0.05, 0.1) is 13.0 Å². The molecule has 3 heterocycles. The van der Waals surface area contributed by atoms with Crippen LogP contribution in [0.25, 0.3) is 0 Å². The number of nitrogens with one attached hydrogen (secondary N) is 2. The maximum atomic E-state index is 13.2. The van der Waals surface area contributed by atoms with Gasteiger partial charge < -0.3 is 25.0 Å². The predicted octanol–water partition coefficient (Wildman–Crippen LogP) is 0.889. The highest BCUT2D eigenvalue weighted by atomic mass is 16.7. The van der Waals surface area contributed by atoms with Crippen molar-refractivity contribution in [3.63, 3.8) is 0 Å². The van der Waals surface area contributed by atoms with Crippen LogP contribution in [0.1, 0.15) is 12.0 Å². The average molecular weight is 494 g/mol. The number of ether oxygens (including phenoxy) is 2.